The molecule has 2 N–H and O–H groups in total. The molecule has 1 amide bonds. The minimum absolute atomic E-state index is 0.00607. The first-order valence-corrected chi connectivity index (χ1v) is 6.45. The summed E-state index contributed by atoms with van der Waals surface area (Å²) in [5.41, 5.74) is -0.816. The standard InChI is InChI=1S/C11H13F3N2O2S/c12-11(13,14)8-2-3-10(16-6-8)19-7-9(18)15-4-1-5-17/h2-3,6,17H,1,4-5,7H2,(H,15,18). The summed E-state index contributed by atoms with van der Waals surface area (Å²) in [6.07, 6.45) is -3.20. The van der Waals surface area contributed by atoms with E-state index in [1.54, 1.807) is 0 Å². The summed E-state index contributed by atoms with van der Waals surface area (Å²) in [5.74, 6) is -0.177. The van der Waals surface area contributed by atoms with E-state index in [-0.39, 0.29) is 18.3 Å². The molecular formula is C11H13F3N2O2S. The summed E-state index contributed by atoms with van der Waals surface area (Å²) in [6, 6.07) is 2.16. The SMILES string of the molecule is O=C(CSc1ccc(C(F)(F)F)cn1)NCCCO. The van der Waals surface area contributed by atoms with Crippen molar-refractivity contribution in [2.75, 3.05) is 18.9 Å². The molecule has 0 radical (unpaired) electrons. The monoisotopic (exact) mass is 294 g/mol. The summed E-state index contributed by atoms with van der Waals surface area (Å²) in [5, 5.41) is 11.4. The van der Waals surface area contributed by atoms with Crippen molar-refractivity contribution in [2.24, 2.45) is 0 Å². The summed E-state index contributed by atoms with van der Waals surface area (Å²) in [6.45, 7) is 0.365. The number of thioether (sulfide) groups is 1. The number of carbonyl (C=O) groups is 1. The van der Waals surface area contributed by atoms with Crippen LogP contribution in [0.25, 0.3) is 0 Å². The minimum Gasteiger partial charge on any atom is -0.396 e. The van der Waals surface area contributed by atoms with Crippen molar-refractivity contribution in [1.82, 2.24) is 10.3 Å². The van der Waals surface area contributed by atoms with Gasteiger partial charge in [-0.25, -0.2) is 4.98 Å². The highest BCUT2D eigenvalue weighted by Gasteiger charge is 2.30. The molecule has 0 saturated heterocycles. The fourth-order valence-corrected chi connectivity index (χ4v) is 1.80. The van der Waals surface area contributed by atoms with Gasteiger partial charge in [0, 0.05) is 19.3 Å². The molecule has 0 atom stereocenters. The molecule has 0 aliphatic rings. The normalized spacial score (nSPS) is 11.4. The third kappa shape index (κ3) is 5.93. The van der Waals surface area contributed by atoms with Crippen molar-refractivity contribution in [3.05, 3.63) is 23.9 Å². The zero-order valence-electron chi connectivity index (χ0n) is 9.91. The third-order valence-electron chi connectivity index (χ3n) is 2.07. The van der Waals surface area contributed by atoms with Crippen LogP contribution >= 0.6 is 11.8 Å². The molecule has 4 nitrogen and oxygen atoms in total. The molecule has 0 fully saturated rings. The summed E-state index contributed by atoms with van der Waals surface area (Å²) in [4.78, 5) is 14.9. The first kappa shape index (κ1) is 15.8. The molecule has 0 spiro atoms. The van der Waals surface area contributed by atoms with Crippen LogP contribution in [0.5, 0.6) is 0 Å². The first-order valence-electron chi connectivity index (χ1n) is 5.47. The van der Waals surface area contributed by atoms with Gasteiger partial charge in [0.25, 0.3) is 0 Å². The number of pyridine rings is 1. The predicted octanol–water partition coefficient (Wildman–Crippen LogP) is 1.69. The number of aliphatic hydroxyl groups excluding tert-OH is 1. The number of aliphatic hydroxyl groups is 1. The van der Waals surface area contributed by atoms with E-state index in [1.165, 1.54) is 6.07 Å². The van der Waals surface area contributed by atoms with Crippen molar-refractivity contribution >= 4 is 17.7 Å². The second-order valence-corrected chi connectivity index (χ2v) is 4.59. The second kappa shape index (κ2) is 7.34. The van der Waals surface area contributed by atoms with Crippen molar-refractivity contribution in [1.29, 1.82) is 0 Å². The summed E-state index contributed by atoms with van der Waals surface area (Å²) < 4.78 is 36.8. The van der Waals surface area contributed by atoms with Crippen LogP contribution < -0.4 is 5.32 Å². The van der Waals surface area contributed by atoms with E-state index in [4.69, 9.17) is 5.11 Å². The lowest BCUT2D eigenvalue weighted by Crippen LogP contribution is -2.26. The summed E-state index contributed by atoms with van der Waals surface area (Å²) in [7, 11) is 0. The number of aromatic nitrogens is 1. The highest BCUT2D eigenvalue weighted by molar-refractivity contribution is 7.99. The van der Waals surface area contributed by atoms with Gasteiger partial charge in [0.15, 0.2) is 0 Å². The average Bonchev–Trinajstić information content (AvgIpc) is 2.36. The highest BCUT2D eigenvalue weighted by atomic mass is 32.2. The number of rotatable bonds is 6. The van der Waals surface area contributed by atoms with Gasteiger partial charge in [-0.1, -0.05) is 11.8 Å². The van der Waals surface area contributed by atoms with Gasteiger partial charge < -0.3 is 10.4 Å². The maximum Gasteiger partial charge on any atom is 0.417 e. The fraction of sp³-hybridized carbons (Fsp3) is 0.455. The van der Waals surface area contributed by atoms with Crippen LogP contribution in [0.1, 0.15) is 12.0 Å². The molecule has 1 aromatic heterocycles. The zero-order chi connectivity index (χ0) is 14.3. The molecule has 1 rings (SSSR count). The highest BCUT2D eigenvalue weighted by Crippen LogP contribution is 2.29. The fourth-order valence-electron chi connectivity index (χ4n) is 1.13. The van der Waals surface area contributed by atoms with Crippen molar-refractivity contribution in [3.8, 4) is 0 Å². The number of hydrogen-bond acceptors (Lipinski definition) is 4. The van der Waals surface area contributed by atoms with Crippen LogP contribution in [0.15, 0.2) is 23.4 Å². The Kier molecular flexibility index (Phi) is 6.10. The van der Waals surface area contributed by atoms with Crippen LogP contribution in [0.4, 0.5) is 13.2 Å². The van der Waals surface area contributed by atoms with E-state index in [9.17, 15) is 18.0 Å². The van der Waals surface area contributed by atoms with E-state index >= 15 is 0 Å². The van der Waals surface area contributed by atoms with Crippen molar-refractivity contribution in [3.63, 3.8) is 0 Å². The Bertz CT molecular complexity index is 409. The number of hydrogen-bond donors (Lipinski definition) is 2. The molecule has 19 heavy (non-hydrogen) atoms. The van der Waals surface area contributed by atoms with Crippen LogP contribution in [0, 0.1) is 0 Å². The lowest BCUT2D eigenvalue weighted by atomic mass is 10.3. The van der Waals surface area contributed by atoms with Gasteiger partial charge in [0.2, 0.25) is 5.91 Å². The Balaban J connectivity index is 2.40. The maximum atomic E-state index is 12.3. The van der Waals surface area contributed by atoms with Crippen LogP contribution in [-0.2, 0) is 11.0 Å². The van der Waals surface area contributed by atoms with Crippen molar-refractivity contribution < 1.29 is 23.1 Å². The van der Waals surface area contributed by atoms with Gasteiger partial charge in [-0.15, -0.1) is 0 Å². The van der Waals surface area contributed by atoms with Gasteiger partial charge >= 0.3 is 6.18 Å². The van der Waals surface area contributed by atoms with Gasteiger partial charge in [0.05, 0.1) is 16.3 Å². The van der Waals surface area contributed by atoms with E-state index in [2.05, 4.69) is 10.3 Å². The molecule has 8 heteroatoms. The first-order chi connectivity index (χ1) is 8.93. The zero-order valence-corrected chi connectivity index (χ0v) is 10.7. The Morgan fingerprint density at radius 2 is 2.16 bits per heavy atom. The molecule has 0 aromatic carbocycles. The molecule has 1 aromatic rings. The van der Waals surface area contributed by atoms with E-state index in [0.717, 1.165) is 24.0 Å². The maximum absolute atomic E-state index is 12.3. The van der Waals surface area contributed by atoms with Crippen LogP contribution in [-0.4, -0.2) is 34.9 Å². The average molecular weight is 294 g/mol. The largest absolute Gasteiger partial charge is 0.417 e. The van der Waals surface area contributed by atoms with Gasteiger partial charge in [-0.05, 0) is 18.6 Å². The number of nitrogens with one attached hydrogen (secondary N) is 1. The van der Waals surface area contributed by atoms with Crippen LogP contribution in [0.2, 0.25) is 0 Å². The Labute approximate surface area is 112 Å². The molecule has 0 aliphatic heterocycles. The molecule has 0 aliphatic carbocycles. The molecule has 0 bridgehead atoms. The van der Waals surface area contributed by atoms with Gasteiger partial charge in [0.1, 0.15) is 0 Å². The number of carbonyl (C=O) groups excluding carboxylic acids is 1. The molecular weight excluding hydrogens is 281 g/mol. The van der Waals surface area contributed by atoms with Gasteiger partial charge in [-0.2, -0.15) is 13.2 Å². The Hall–Kier alpha value is -1.28. The number of nitrogens with zero attached hydrogens (tertiary/aromatic N) is 1. The van der Waals surface area contributed by atoms with Crippen LogP contribution in [0.3, 0.4) is 0 Å². The minimum atomic E-state index is -4.40. The molecule has 106 valence electrons. The second-order valence-electron chi connectivity index (χ2n) is 3.60. The van der Waals surface area contributed by atoms with E-state index in [1.807, 2.05) is 0 Å². The lowest BCUT2D eigenvalue weighted by molar-refractivity contribution is -0.137. The van der Waals surface area contributed by atoms with E-state index in [0.29, 0.717) is 18.0 Å². The molecule has 0 saturated carbocycles. The molecule has 1 heterocycles. The lowest BCUT2D eigenvalue weighted by Gasteiger charge is -2.07. The predicted molar refractivity (Wildman–Crippen MR) is 64.7 cm³/mol. The van der Waals surface area contributed by atoms with E-state index < -0.39 is 11.7 Å². The topological polar surface area (TPSA) is 62.2 Å². The molecule has 0 unspecified atom stereocenters. The van der Waals surface area contributed by atoms with Crippen molar-refractivity contribution in [2.45, 2.75) is 17.6 Å². The number of halogens is 3. The third-order valence-corrected chi connectivity index (χ3v) is 3.02. The summed E-state index contributed by atoms with van der Waals surface area (Å²) >= 11 is 1.05. The quantitative estimate of drug-likeness (QED) is 0.619. The number of alkyl halides is 3. The smallest absolute Gasteiger partial charge is 0.396 e. The Morgan fingerprint density at radius 3 is 2.68 bits per heavy atom. The Morgan fingerprint density at radius 1 is 1.42 bits per heavy atom. The number of amides is 1. The van der Waals surface area contributed by atoms with Gasteiger partial charge in [-0.3, -0.25) is 4.79 Å².